The predicted octanol–water partition coefficient (Wildman–Crippen LogP) is -6.65. The Morgan fingerprint density at radius 3 is 1.61 bits per heavy atom. The number of carbonyl (C=O) groups is 3. The third-order valence-corrected chi connectivity index (χ3v) is 5.26. The van der Waals surface area contributed by atoms with Crippen LogP contribution in [0.4, 0.5) is 0 Å². The molecule has 2 aliphatic heterocycles. The van der Waals surface area contributed by atoms with Crippen molar-refractivity contribution < 1.29 is 89.9 Å². The van der Waals surface area contributed by atoms with Gasteiger partial charge in [0.25, 0.3) is 0 Å². The van der Waals surface area contributed by atoms with E-state index < -0.39 is 111 Å². The summed E-state index contributed by atoms with van der Waals surface area (Å²) in [6.45, 7) is -1.35. The molecule has 0 unspecified atom stereocenters. The van der Waals surface area contributed by atoms with Crippen molar-refractivity contribution in [1.29, 1.82) is 0 Å². The summed E-state index contributed by atoms with van der Waals surface area (Å²) in [5.74, 6) is -5.02. The zero-order valence-corrected chi connectivity index (χ0v) is 18.4. The highest BCUT2D eigenvalue weighted by Gasteiger charge is 2.50. The number of carboxylic acid groups (broad SMARTS) is 3. The minimum Gasteiger partial charge on any atom is -0.481 e. The lowest BCUT2D eigenvalue weighted by Gasteiger charge is -2.45. The summed E-state index contributed by atoms with van der Waals surface area (Å²) in [6, 6.07) is 0. The van der Waals surface area contributed by atoms with E-state index in [1.165, 1.54) is 0 Å². The fraction of sp³-hybridized carbons (Fsp3) is 0.833. The lowest BCUT2D eigenvalue weighted by atomic mass is 9.96. The standard InChI is InChI=1S/C12H22O11.C6H8O7/c13-1-3-5(15)6(16)9(19)12(22-3)23-10-4(2-14)21-11(20)8(18)7(10)17;7-3(8)1-6(13,5(11)12)2-4(9)10/h3-20H,1-2H2;13H,1-2H2,(H,7,8)(H,9,10)(H,11,12)/t3-,4-,5+,6+,7-,8-,9-,10-,11-,12+;/m1./s1. The largest absolute Gasteiger partial charge is 0.481 e. The van der Waals surface area contributed by atoms with Gasteiger partial charge in [-0.1, -0.05) is 0 Å². The van der Waals surface area contributed by atoms with Gasteiger partial charge in [-0.25, -0.2) is 4.79 Å². The van der Waals surface area contributed by atoms with Crippen LogP contribution in [0.3, 0.4) is 0 Å². The number of carboxylic acids is 3. The van der Waals surface area contributed by atoms with Crippen LogP contribution in [0.5, 0.6) is 0 Å². The monoisotopic (exact) mass is 534 g/mol. The van der Waals surface area contributed by atoms with Gasteiger partial charge in [-0.3, -0.25) is 9.59 Å². The summed E-state index contributed by atoms with van der Waals surface area (Å²) in [6.07, 6.45) is -17.9. The van der Waals surface area contributed by atoms with Crippen LogP contribution in [0.25, 0.3) is 0 Å². The molecule has 2 aliphatic rings. The Morgan fingerprint density at radius 1 is 0.694 bits per heavy atom. The minimum atomic E-state index is -2.74. The van der Waals surface area contributed by atoms with E-state index >= 15 is 0 Å². The second-order valence-electron chi connectivity index (χ2n) is 8.00. The second kappa shape index (κ2) is 13.5. The van der Waals surface area contributed by atoms with Crippen LogP contribution in [0.2, 0.25) is 0 Å². The van der Waals surface area contributed by atoms with E-state index in [9.17, 15) is 50.1 Å². The molecule has 18 heteroatoms. The number of ether oxygens (including phenoxy) is 3. The van der Waals surface area contributed by atoms with Crippen molar-refractivity contribution in [3.63, 3.8) is 0 Å². The van der Waals surface area contributed by atoms with Crippen molar-refractivity contribution in [3.8, 4) is 0 Å². The summed E-state index contributed by atoms with van der Waals surface area (Å²) < 4.78 is 15.3. The molecule has 0 radical (unpaired) electrons. The Balaban J connectivity index is 0.000000426. The van der Waals surface area contributed by atoms with Crippen molar-refractivity contribution in [1.82, 2.24) is 0 Å². The molecule has 2 rings (SSSR count). The van der Waals surface area contributed by atoms with Gasteiger partial charge in [0.2, 0.25) is 0 Å². The highest BCUT2D eigenvalue weighted by atomic mass is 16.7. The molecule has 0 bridgehead atoms. The lowest BCUT2D eigenvalue weighted by Crippen LogP contribution is -2.64. The van der Waals surface area contributed by atoms with Crippen LogP contribution in [-0.2, 0) is 28.6 Å². The van der Waals surface area contributed by atoms with Gasteiger partial charge in [0.1, 0.15) is 48.8 Å². The number of aliphatic hydroxyl groups is 9. The first-order chi connectivity index (χ1) is 16.6. The molecule has 0 aromatic rings. The first kappa shape index (κ1) is 32.0. The maximum Gasteiger partial charge on any atom is 0.336 e. The van der Waals surface area contributed by atoms with E-state index in [2.05, 4.69) is 0 Å². The fourth-order valence-corrected chi connectivity index (χ4v) is 3.28. The van der Waals surface area contributed by atoms with Gasteiger partial charge in [0, 0.05) is 0 Å². The molecular formula is C18H30O18. The first-order valence-electron chi connectivity index (χ1n) is 10.3. The van der Waals surface area contributed by atoms with Crippen molar-refractivity contribution >= 4 is 17.9 Å². The molecule has 36 heavy (non-hydrogen) atoms. The van der Waals surface area contributed by atoms with E-state index in [0.29, 0.717) is 0 Å². The average Bonchev–Trinajstić information content (AvgIpc) is 2.78. The van der Waals surface area contributed by atoms with Crippen LogP contribution in [0.15, 0.2) is 0 Å². The van der Waals surface area contributed by atoms with Crippen molar-refractivity contribution in [2.24, 2.45) is 0 Å². The normalized spacial score (nSPS) is 36.9. The van der Waals surface area contributed by atoms with Crippen LogP contribution in [-0.4, -0.2) is 159 Å². The summed E-state index contributed by atoms with van der Waals surface area (Å²) in [5.41, 5.74) is -2.74. The Hall–Kier alpha value is -2.07. The molecule has 210 valence electrons. The number of hydrogen-bond acceptors (Lipinski definition) is 15. The Labute approximate surface area is 201 Å². The summed E-state index contributed by atoms with van der Waals surface area (Å²) in [7, 11) is 0. The second-order valence-corrected chi connectivity index (χ2v) is 8.00. The molecule has 0 saturated carbocycles. The van der Waals surface area contributed by atoms with E-state index in [1.807, 2.05) is 0 Å². The summed E-state index contributed by atoms with van der Waals surface area (Å²) >= 11 is 0. The summed E-state index contributed by atoms with van der Waals surface area (Å²) in [5, 5.41) is 110. The zero-order chi connectivity index (χ0) is 28.0. The molecule has 12 N–H and O–H groups in total. The molecular weight excluding hydrogens is 504 g/mol. The van der Waals surface area contributed by atoms with Gasteiger partial charge < -0.3 is 75.5 Å². The molecule has 18 nitrogen and oxygen atoms in total. The van der Waals surface area contributed by atoms with Crippen molar-refractivity contribution in [2.75, 3.05) is 13.2 Å². The smallest absolute Gasteiger partial charge is 0.336 e. The van der Waals surface area contributed by atoms with Gasteiger partial charge in [-0.2, -0.15) is 0 Å². The molecule has 0 aromatic carbocycles. The van der Waals surface area contributed by atoms with E-state index in [0.717, 1.165) is 0 Å². The fourth-order valence-electron chi connectivity index (χ4n) is 3.28. The molecule has 0 amide bonds. The lowest BCUT2D eigenvalue weighted by molar-refractivity contribution is -0.355. The van der Waals surface area contributed by atoms with Crippen LogP contribution in [0.1, 0.15) is 12.8 Å². The van der Waals surface area contributed by atoms with Crippen LogP contribution in [0, 0.1) is 0 Å². The van der Waals surface area contributed by atoms with Crippen molar-refractivity contribution in [2.45, 2.75) is 79.9 Å². The Kier molecular flexibility index (Phi) is 12.0. The van der Waals surface area contributed by atoms with Crippen LogP contribution >= 0.6 is 0 Å². The molecule has 2 saturated heterocycles. The molecule has 2 fully saturated rings. The molecule has 0 spiro atoms. The minimum absolute atomic E-state index is 0.667. The molecule has 0 aliphatic carbocycles. The van der Waals surface area contributed by atoms with E-state index in [1.54, 1.807) is 0 Å². The third-order valence-electron chi connectivity index (χ3n) is 5.26. The van der Waals surface area contributed by atoms with Crippen molar-refractivity contribution in [3.05, 3.63) is 0 Å². The highest BCUT2D eigenvalue weighted by Crippen LogP contribution is 2.28. The number of rotatable bonds is 9. The SMILES string of the molecule is O=C(O)CC(O)(CC(=O)O)C(=O)O.OC[C@H]1O[C@@H](O[C@H]2[C@H](O)[C@@H](O)[C@H](O)O[C@@H]2CO)[C@H](O)[C@@H](O)[C@H]1O. The topological polar surface area (TPSA) is 322 Å². The molecule has 2 heterocycles. The maximum atomic E-state index is 10.3. The van der Waals surface area contributed by atoms with Crippen LogP contribution < -0.4 is 0 Å². The summed E-state index contributed by atoms with van der Waals surface area (Å²) in [4.78, 5) is 30.5. The highest BCUT2D eigenvalue weighted by molar-refractivity contribution is 5.88. The Morgan fingerprint density at radius 2 is 1.19 bits per heavy atom. The molecule has 0 aromatic heterocycles. The number of aliphatic hydroxyl groups excluding tert-OH is 8. The van der Waals surface area contributed by atoms with E-state index in [4.69, 9.17) is 39.7 Å². The van der Waals surface area contributed by atoms with Gasteiger partial charge in [-0.05, 0) is 0 Å². The predicted molar refractivity (Wildman–Crippen MR) is 106 cm³/mol. The third kappa shape index (κ3) is 7.96. The van der Waals surface area contributed by atoms with E-state index in [-0.39, 0.29) is 0 Å². The number of hydrogen-bond donors (Lipinski definition) is 12. The van der Waals surface area contributed by atoms with Gasteiger partial charge >= 0.3 is 17.9 Å². The van der Waals surface area contributed by atoms with Gasteiger partial charge in [0.05, 0.1) is 26.1 Å². The number of aliphatic carboxylic acids is 3. The van der Waals surface area contributed by atoms with Gasteiger partial charge in [0.15, 0.2) is 18.2 Å². The Bertz CT molecular complexity index is 726. The van der Waals surface area contributed by atoms with Gasteiger partial charge in [-0.15, -0.1) is 0 Å². The average molecular weight is 534 g/mol. The first-order valence-corrected chi connectivity index (χ1v) is 10.3. The molecule has 10 atom stereocenters. The zero-order valence-electron chi connectivity index (χ0n) is 18.4. The quantitative estimate of drug-likeness (QED) is 0.131. The maximum absolute atomic E-state index is 10.3.